The van der Waals surface area contributed by atoms with E-state index in [1.54, 1.807) is 18.2 Å². The Balaban J connectivity index is 1.65. The molecule has 1 aliphatic carbocycles. The summed E-state index contributed by atoms with van der Waals surface area (Å²) in [6.45, 7) is 0.334. The van der Waals surface area contributed by atoms with Gasteiger partial charge in [-0.15, -0.1) is 0 Å². The molecular formula is C18H24N2O5S. The summed E-state index contributed by atoms with van der Waals surface area (Å²) < 4.78 is 27.0. The van der Waals surface area contributed by atoms with Crippen molar-refractivity contribution in [1.82, 2.24) is 9.62 Å². The minimum absolute atomic E-state index is 0.0834. The third-order valence-corrected chi connectivity index (χ3v) is 7.20. The van der Waals surface area contributed by atoms with Gasteiger partial charge in [-0.05, 0) is 50.7 Å². The first kappa shape index (κ1) is 18.8. The monoisotopic (exact) mass is 380 g/mol. The Morgan fingerprint density at radius 2 is 1.69 bits per heavy atom. The predicted molar refractivity (Wildman–Crippen MR) is 94.9 cm³/mol. The number of carbonyl (C=O) groups excluding carboxylic acids is 1. The summed E-state index contributed by atoms with van der Waals surface area (Å²) in [4.78, 5) is 23.9. The van der Waals surface area contributed by atoms with Crippen molar-refractivity contribution in [3.8, 4) is 0 Å². The number of rotatable bonds is 5. The number of amides is 1. The van der Waals surface area contributed by atoms with Crippen LogP contribution in [0.1, 0.15) is 38.5 Å². The molecule has 26 heavy (non-hydrogen) atoms. The number of carboxylic acids is 1. The van der Waals surface area contributed by atoms with Crippen LogP contribution in [0.5, 0.6) is 0 Å². The van der Waals surface area contributed by atoms with E-state index in [1.165, 1.54) is 16.4 Å². The second kappa shape index (κ2) is 7.75. The molecule has 2 N–H and O–H groups in total. The maximum absolute atomic E-state index is 12.8. The highest BCUT2D eigenvalue weighted by Gasteiger charge is 2.40. The van der Waals surface area contributed by atoms with Gasteiger partial charge in [-0.25, -0.2) is 8.42 Å². The Kier molecular flexibility index (Phi) is 5.62. The fraction of sp³-hybridized carbons (Fsp3) is 0.556. The third-order valence-electron chi connectivity index (χ3n) is 5.28. The van der Waals surface area contributed by atoms with Crippen molar-refractivity contribution in [2.45, 2.75) is 55.5 Å². The number of carboxylic acid groups (broad SMARTS) is 1. The lowest BCUT2D eigenvalue weighted by molar-refractivity contribution is -0.142. The van der Waals surface area contributed by atoms with Crippen molar-refractivity contribution in [3.63, 3.8) is 0 Å². The highest BCUT2D eigenvalue weighted by molar-refractivity contribution is 7.89. The first-order chi connectivity index (χ1) is 12.4. The number of benzene rings is 1. The van der Waals surface area contributed by atoms with Crippen molar-refractivity contribution in [3.05, 3.63) is 30.3 Å². The predicted octanol–water partition coefficient (Wildman–Crippen LogP) is 1.60. The summed E-state index contributed by atoms with van der Waals surface area (Å²) in [6.07, 6.45) is 3.45. The zero-order valence-corrected chi connectivity index (χ0v) is 15.3. The average Bonchev–Trinajstić information content (AvgIpc) is 3.14. The van der Waals surface area contributed by atoms with Crippen LogP contribution in [0.3, 0.4) is 0 Å². The second-order valence-electron chi connectivity index (χ2n) is 6.98. The zero-order chi connectivity index (χ0) is 18.7. The largest absolute Gasteiger partial charge is 0.481 e. The summed E-state index contributed by atoms with van der Waals surface area (Å²) in [7, 11) is -3.70. The normalized spacial score (nSPS) is 27.2. The topological polar surface area (TPSA) is 104 Å². The van der Waals surface area contributed by atoms with Crippen LogP contribution in [0.2, 0.25) is 0 Å². The van der Waals surface area contributed by atoms with E-state index < -0.39 is 22.0 Å². The van der Waals surface area contributed by atoms with Gasteiger partial charge < -0.3 is 10.4 Å². The molecule has 1 atom stereocenters. The number of carbonyl (C=O) groups is 2. The molecule has 1 aromatic rings. The van der Waals surface area contributed by atoms with E-state index in [4.69, 9.17) is 5.11 Å². The quantitative estimate of drug-likeness (QED) is 0.807. The molecule has 1 aromatic carbocycles. The Hall–Kier alpha value is -1.93. The Morgan fingerprint density at radius 3 is 2.31 bits per heavy atom. The summed E-state index contributed by atoms with van der Waals surface area (Å²) >= 11 is 0. The zero-order valence-electron chi connectivity index (χ0n) is 14.5. The SMILES string of the molecule is O=C(O)C1CCC(NC(=O)C2CCCN2S(=O)(=O)c2ccccc2)CC1. The number of aliphatic carboxylic acids is 1. The van der Waals surface area contributed by atoms with Crippen molar-refractivity contribution >= 4 is 21.9 Å². The fourth-order valence-corrected chi connectivity index (χ4v) is 5.48. The van der Waals surface area contributed by atoms with Gasteiger partial charge in [0.15, 0.2) is 0 Å². The average molecular weight is 380 g/mol. The highest BCUT2D eigenvalue weighted by atomic mass is 32.2. The molecule has 1 heterocycles. The molecule has 1 saturated heterocycles. The van der Waals surface area contributed by atoms with E-state index in [0.717, 1.165) is 0 Å². The van der Waals surface area contributed by atoms with Crippen molar-refractivity contribution in [2.75, 3.05) is 6.54 Å². The van der Waals surface area contributed by atoms with Crippen molar-refractivity contribution in [2.24, 2.45) is 5.92 Å². The molecule has 0 spiro atoms. The second-order valence-corrected chi connectivity index (χ2v) is 8.87. The lowest BCUT2D eigenvalue weighted by Crippen LogP contribution is -2.49. The number of nitrogens with one attached hydrogen (secondary N) is 1. The van der Waals surface area contributed by atoms with Crippen molar-refractivity contribution < 1.29 is 23.1 Å². The number of sulfonamides is 1. The molecule has 1 aliphatic heterocycles. The van der Waals surface area contributed by atoms with Crippen LogP contribution in [0, 0.1) is 5.92 Å². The van der Waals surface area contributed by atoms with Gasteiger partial charge in [0.2, 0.25) is 15.9 Å². The first-order valence-corrected chi connectivity index (χ1v) is 10.4. The van der Waals surface area contributed by atoms with E-state index in [1.807, 2.05) is 0 Å². The maximum atomic E-state index is 12.8. The van der Waals surface area contributed by atoms with Crippen LogP contribution in [0.25, 0.3) is 0 Å². The van der Waals surface area contributed by atoms with Crippen LogP contribution in [0.15, 0.2) is 35.2 Å². The maximum Gasteiger partial charge on any atom is 0.306 e. The highest BCUT2D eigenvalue weighted by Crippen LogP contribution is 2.28. The molecule has 1 amide bonds. The van der Waals surface area contributed by atoms with E-state index in [9.17, 15) is 18.0 Å². The first-order valence-electron chi connectivity index (χ1n) is 8.99. The Morgan fingerprint density at radius 1 is 1.04 bits per heavy atom. The van der Waals surface area contributed by atoms with E-state index in [-0.39, 0.29) is 22.8 Å². The van der Waals surface area contributed by atoms with Gasteiger partial charge in [0.1, 0.15) is 6.04 Å². The molecule has 142 valence electrons. The van der Waals surface area contributed by atoms with Crippen LogP contribution in [-0.4, -0.2) is 48.3 Å². The third kappa shape index (κ3) is 3.91. The number of hydrogen-bond donors (Lipinski definition) is 2. The van der Waals surface area contributed by atoms with Gasteiger partial charge in [0.05, 0.1) is 10.8 Å². The van der Waals surface area contributed by atoms with Gasteiger partial charge in [-0.1, -0.05) is 18.2 Å². The molecule has 8 heteroatoms. The molecule has 2 aliphatic rings. The van der Waals surface area contributed by atoms with Crippen LogP contribution in [0.4, 0.5) is 0 Å². The molecule has 7 nitrogen and oxygen atoms in total. The molecule has 3 rings (SSSR count). The lowest BCUT2D eigenvalue weighted by atomic mass is 9.86. The van der Waals surface area contributed by atoms with E-state index >= 15 is 0 Å². The van der Waals surface area contributed by atoms with Crippen molar-refractivity contribution in [1.29, 1.82) is 0 Å². The van der Waals surface area contributed by atoms with Crippen LogP contribution >= 0.6 is 0 Å². The molecule has 0 aromatic heterocycles. The molecule has 0 bridgehead atoms. The molecular weight excluding hydrogens is 356 g/mol. The van der Waals surface area contributed by atoms with Gasteiger partial charge in [0.25, 0.3) is 0 Å². The standard InChI is InChI=1S/C18H24N2O5S/c21-17(19-14-10-8-13(9-11-14)18(22)23)16-7-4-12-20(16)26(24,25)15-5-2-1-3-6-15/h1-3,5-6,13-14,16H,4,7-12H2,(H,19,21)(H,22,23). The Labute approximate surface area is 153 Å². The lowest BCUT2D eigenvalue weighted by Gasteiger charge is -2.29. The molecule has 2 fully saturated rings. The molecule has 1 saturated carbocycles. The Bertz CT molecular complexity index is 757. The number of nitrogens with zero attached hydrogens (tertiary/aromatic N) is 1. The van der Waals surface area contributed by atoms with Gasteiger partial charge in [0, 0.05) is 12.6 Å². The minimum Gasteiger partial charge on any atom is -0.481 e. The summed E-state index contributed by atoms with van der Waals surface area (Å²) in [6, 6.07) is 7.38. The fourth-order valence-electron chi connectivity index (χ4n) is 3.80. The van der Waals surface area contributed by atoms with E-state index in [2.05, 4.69) is 5.32 Å². The summed E-state index contributed by atoms with van der Waals surface area (Å²) in [5, 5.41) is 12.0. The van der Waals surface area contributed by atoms with Crippen LogP contribution in [-0.2, 0) is 19.6 Å². The number of hydrogen-bond acceptors (Lipinski definition) is 4. The van der Waals surface area contributed by atoms with Gasteiger partial charge >= 0.3 is 5.97 Å². The van der Waals surface area contributed by atoms with Gasteiger partial charge in [-0.2, -0.15) is 4.31 Å². The summed E-state index contributed by atoms with van der Waals surface area (Å²) in [5.74, 6) is -1.41. The molecule has 1 unspecified atom stereocenters. The molecule has 0 radical (unpaired) electrons. The smallest absolute Gasteiger partial charge is 0.306 e. The summed E-state index contributed by atoms with van der Waals surface area (Å²) in [5.41, 5.74) is 0. The van der Waals surface area contributed by atoms with E-state index in [0.29, 0.717) is 45.1 Å². The van der Waals surface area contributed by atoms with Gasteiger partial charge in [-0.3, -0.25) is 9.59 Å². The van der Waals surface area contributed by atoms with Crippen LogP contribution < -0.4 is 5.32 Å². The minimum atomic E-state index is -3.70.